The van der Waals surface area contributed by atoms with Crippen LogP contribution < -0.4 is 0 Å². The van der Waals surface area contributed by atoms with Crippen LogP contribution in [0.3, 0.4) is 0 Å². The molecule has 0 N–H and O–H groups in total. The molecule has 0 heterocycles. The first-order valence-corrected chi connectivity index (χ1v) is 1.72. The molecule has 0 aromatic rings. The van der Waals surface area contributed by atoms with Crippen molar-refractivity contribution in [2.24, 2.45) is 0 Å². The minimum absolute atomic E-state index is 0.417. The standard InChI is InChI=1S/C4H8NO/c1-5(2)3-4-6/h4H,1,3H2,2H3/q-1. The third-order valence-corrected chi connectivity index (χ3v) is 0.386. The quantitative estimate of drug-likeness (QED) is 0.346. The molecule has 0 aromatic heterocycles. The molecule has 0 rings (SSSR count). The van der Waals surface area contributed by atoms with Crippen molar-refractivity contribution in [1.82, 2.24) is 4.90 Å². The number of rotatable bonds is 2. The number of nitrogens with zero attached hydrogens (tertiary/aromatic N) is 1. The van der Waals surface area contributed by atoms with E-state index in [4.69, 9.17) is 0 Å². The predicted octanol–water partition coefficient (Wildman–Crippen LogP) is -0.0913. The zero-order valence-electron chi connectivity index (χ0n) is 3.85. The largest absolute Gasteiger partial charge is 0.456 e. The molecule has 0 saturated carbocycles. The second kappa shape index (κ2) is 2.85. The van der Waals surface area contributed by atoms with Crippen LogP contribution >= 0.6 is 0 Å². The topological polar surface area (TPSA) is 20.3 Å². The minimum atomic E-state index is 0.417. The number of hydrogen-bond donors (Lipinski definition) is 0. The smallest absolute Gasteiger partial charge is 0.131 e. The van der Waals surface area contributed by atoms with Crippen molar-refractivity contribution >= 4 is 6.29 Å². The van der Waals surface area contributed by atoms with Gasteiger partial charge >= 0.3 is 0 Å². The van der Waals surface area contributed by atoms with Crippen LogP contribution in [-0.4, -0.2) is 24.8 Å². The van der Waals surface area contributed by atoms with Crippen LogP contribution in [0.1, 0.15) is 0 Å². The van der Waals surface area contributed by atoms with Gasteiger partial charge in [0.1, 0.15) is 6.29 Å². The summed E-state index contributed by atoms with van der Waals surface area (Å²) in [5.74, 6) is 0. The second-order valence-electron chi connectivity index (χ2n) is 1.21. The molecule has 6 heavy (non-hydrogen) atoms. The number of aldehydes is 1. The van der Waals surface area contributed by atoms with Crippen molar-refractivity contribution in [2.45, 2.75) is 0 Å². The predicted molar refractivity (Wildman–Crippen MR) is 24.1 cm³/mol. The molecule has 0 atom stereocenters. The number of hydrogen-bond acceptors (Lipinski definition) is 2. The van der Waals surface area contributed by atoms with Crippen LogP contribution in [-0.2, 0) is 4.79 Å². The van der Waals surface area contributed by atoms with Crippen molar-refractivity contribution in [2.75, 3.05) is 13.6 Å². The average Bonchev–Trinajstić information content (AvgIpc) is 1.35. The van der Waals surface area contributed by atoms with Gasteiger partial charge in [-0.15, -0.1) is 0 Å². The Morgan fingerprint density at radius 2 is 2.50 bits per heavy atom. The summed E-state index contributed by atoms with van der Waals surface area (Å²) in [7, 11) is 5.17. The van der Waals surface area contributed by atoms with Crippen molar-refractivity contribution in [3.63, 3.8) is 0 Å². The first-order valence-electron chi connectivity index (χ1n) is 1.72. The normalized spacial score (nSPS) is 9.17. The van der Waals surface area contributed by atoms with E-state index in [-0.39, 0.29) is 0 Å². The van der Waals surface area contributed by atoms with Gasteiger partial charge in [-0.25, -0.2) is 0 Å². The maximum Gasteiger partial charge on any atom is 0.131 e. The average molecular weight is 86.1 g/mol. The maximum atomic E-state index is 9.53. The van der Waals surface area contributed by atoms with Gasteiger partial charge in [-0.3, -0.25) is 7.05 Å². The Kier molecular flexibility index (Phi) is 2.67. The van der Waals surface area contributed by atoms with Crippen molar-refractivity contribution in [3.05, 3.63) is 7.05 Å². The van der Waals surface area contributed by atoms with Crippen LogP contribution in [0.2, 0.25) is 0 Å². The zero-order chi connectivity index (χ0) is 4.99. The fourth-order valence-corrected chi connectivity index (χ4v) is 0.127. The summed E-state index contributed by atoms with van der Waals surface area (Å²) >= 11 is 0. The molecule has 0 aromatic carbocycles. The fourth-order valence-electron chi connectivity index (χ4n) is 0.127. The van der Waals surface area contributed by atoms with Crippen LogP contribution in [0.5, 0.6) is 0 Å². The van der Waals surface area contributed by atoms with E-state index in [2.05, 4.69) is 7.05 Å². The Hall–Kier alpha value is -0.370. The second-order valence-corrected chi connectivity index (χ2v) is 1.21. The lowest BCUT2D eigenvalue weighted by Crippen LogP contribution is -2.10. The fraction of sp³-hybridized carbons (Fsp3) is 0.500. The van der Waals surface area contributed by atoms with Crippen molar-refractivity contribution in [1.29, 1.82) is 0 Å². The minimum Gasteiger partial charge on any atom is -0.456 e. The SMILES string of the molecule is [CH2-]N(C)CC=O. The van der Waals surface area contributed by atoms with E-state index < -0.39 is 0 Å². The highest BCUT2D eigenvalue weighted by Crippen LogP contribution is 1.66. The highest BCUT2D eigenvalue weighted by atomic mass is 16.1. The molecule has 0 fully saturated rings. The van der Waals surface area contributed by atoms with E-state index in [1.54, 1.807) is 11.9 Å². The van der Waals surface area contributed by atoms with Gasteiger partial charge in [-0.1, -0.05) is 0 Å². The number of likely N-dealkylation sites (N-methyl/N-ethyl adjacent to an activating group) is 1. The Balaban J connectivity index is 2.81. The summed E-state index contributed by atoms with van der Waals surface area (Å²) in [6, 6.07) is 0. The third kappa shape index (κ3) is 3.63. The highest BCUT2D eigenvalue weighted by Gasteiger charge is 1.71. The third-order valence-electron chi connectivity index (χ3n) is 0.386. The Morgan fingerprint density at radius 1 is 2.00 bits per heavy atom. The lowest BCUT2D eigenvalue weighted by Gasteiger charge is -2.10. The van der Waals surface area contributed by atoms with Gasteiger partial charge in [0.15, 0.2) is 0 Å². The number of carbonyl (C=O) groups is 1. The highest BCUT2D eigenvalue weighted by molar-refractivity contribution is 5.51. The molecule has 0 unspecified atom stereocenters. The van der Waals surface area contributed by atoms with Gasteiger partial charge in [-0.05, 0) is 7.05 Å². The molecule has 0 aliphatic heterocycles. The van der Waals surface area contributed by atoms with Crippen LogP contribution in [0, 0.1) is 7.05 Å². The van der Waals surface area contributed by atoms with Gasteiger partial charge in [-0.2, -0.15) is 0 Å². The summed E-state index contributed by atoms with van der Waals surface area (Å²) < 4.78 is 0. The van der Waals surface area contributed by atoms with E-state index in [1.165, 1.54) is 0 Å². The lowest BCUT2D eigenvalue weighted by molar-refractivity contribution is -0.108. The molecule has 36 valence electrons. The van der Waals surface area contributed by atoms with Gasteiger partial charge < -0.3 is 9.69 Å². The summed E-state index contributed by atoms with van der Waals surface area (Å²) in [4.78, 5) is 11.1. The Bertz CT molecular complexity index is 42.8. The Morgan fingerprint density at radius 3 is 2.50 bits per heavy atom. The molecular weight excluding hydrogens is 78.0 g/mol. The molecule has 0 amide bonds. The van der Waals surface area contributed by atoms with E-state index >= 15 is 0 Å². The van der Waals surface area contributed by atoms with Crippen molar-refractivity contribution in [3.8, 4) is 0 Å². The molecule has 0 spiro atoms. The summed E-state index contributed by atoms with van der Waals surface area (Å²) in [5, 5.41) is 0. The molecule has 2 heteroatoms. The van der Waals surface area contributed by atoms with Gasteiger partial charge in [0.25, 0.3) is 0 Å². The van der Waals surface area contributed by atoms with Crippen molar-refractivity contribution < 1.29 is 4.79 Å². The first-order chi connectivity index (χ1) is 2.77. The summed E-state index contributed by atoms with van der Waals surface area (Å²) in [5.41, 5.74) is 0. The molecule has 0 bridgehead atoms. The first kappa shape index (κ1) is 5.63. The van der Waals surface area contributed by atoms with E-state index in [1.807, 2.05) is 0 Å². The maximum absolute atomic E-state index is 9.53. The van der Waals surface area contributed by atoms with Crippen LogP contribution in [0.25, 0.3) is 0 Å². The molecule has 2 nitrogen and oxygen atoms in total. The van der Waals surface area contributed by atoms with Gasteiger partial charge in [0.2, 0.25) is 0 Å². The van der Waals surface area contributed by atoms with Gasteiger partial charge in [0.05, 0.1) is 0 Å². The van der Waals surface area contributed by atoms with Crippen LogP contribution in [0.15, 0.2) is 0 Å². The summed E-state index contributed by atoms with van der Waals surface area (Å²) in [6.07, 6.45) is 0.812. The number of carbonyl (C=O) groups excluding carboxylic acids is 1. The monoisotopic (exact) mass is 86.1 g/mol. The zero-order valence-corrected chi connectivity index (χ0v) is 3.85. The van der Waals surface area contributed by atoms with Crippen LogP contribution in [0.4, 0.5) is 0 Å². The molecular formula is C4H8NO-. The Labute approximate surface area is 37.8 Å². The molecule has 0 radical (unpaired) electrons. The van der Waals surface area contributed by atoms with Gasteiger partial charge in [0, 0.05) is 6.54 Å². The molecule has 0 saturated heterocycles. The molecule has 0 aliphatic rings. The van der Waals surface area contributed by atoms with E-state index in [0.717, 1.165) is 6.29 Å². The van der Waals surface area contributed by atoms with E-state index in [9.17, 15) is 4.79 Å². The molecule has 0 aliphatic carbocycles. The van der Waals surface area contributed by atoms with E-state index in [0.29, 0.717) is 6.54 Å². The summed E-state index contributed by atoms with van der Waals surface area (Å²) in [6.45, 7) is 0.417. The lowest BCUT2D eigenvalue weighted by atomic mass is 10.7.